The number of benzene rings is 2. The summed E-state index contributed by atoms with van der Waals surface area (Å²) < 4.78 is 0. The first-order valence-corrected chi connectivity index (χ1v) is 10.6. The molecule has 2 amide bonds. The summed E-state index contributed by atoms with van der Waals surface area (Å²) in [6.45, 7) is 2.75. The quantitative estimate of drug-likeness (QED) is 0.677. The van der Waals surface area contributed by atoms with E-state index in [4.69, 9.17) is 11.6 Å². The van der Waals surface area contributed by atoms with Gasteiger partial charge in [-0.05, 0) is 30.2 Å². The maximum absolute atomic E-state index is 12.5. The van der Waals surface area contributed by atoms with Gasteiger partial charge in [-0.2, -0.15) is 0 Å². The molecule has 4 rings (SSSR count). The summed E-state index contributed by atoms with van der Waals surface area (Å²) >= 11 is 6.07. The molecular formula is C22H26ClN5O2. The largest absolute Gasteiger partial charge is 0.368 e. The lowest BCUT2D eigenvalue weighted by Crippen LogP contribution is -2.52. The van der Waals surface area contributed by atoms with Crippen LogP contribution < -0.4 is 21.1 Å². The van der Waals surface area contributed by atoms with E-state index in [0.29, 0.717) is 24.5 Å². The summed E-state index contributed by atoms with van der Waals surface area (Å²) in [4.78, 5) is 29.0. The highest BCUT2D eigenvalue weighted by molar-refractivity contribution is 6.30. The lowest BCUT2D eigenvalue weighted by atomic mass is 10.0. The molecule has 2 aliphatic heterocycles. The van der Waals surface area contributed by atoms with E-state index >= 15 is 0 Å². The van der Waals surface area contributed by atoms with Crippen LogP contribution >= 0.6 is 11.6 Å². The van der Waals surface area contributed by atoms with Crippen LogP contribution in [0.4, 0.5) is 5.69 Å². The van der Waals surface area contributed by atoms with E-state index in [1.165, 1.54) is 0 Å². The molecule has 2 fully saturated rings. The van der Waals surface area contributed by atoms with Crippen LogP contribution in [0, 0.1) is 0 Å². The summed E-state index contributed by atoms with van der Waals surface area (Å²) in [6.07, 6.45) is 0.641. The molecule has 0 bridgehead atoms. The van der Waals surface area contributed by atoms with Crippen molar-refractivity contribution in [2.45, 2.75) is 18.5 Å². The van der Waals surface area contributed by atoms with Crippen molar-refractivity contribution in [3.8, 4) is 0 Å². The molecule has 0 radical (unpaired) electrons. The van der Waals surface area contributed by atoms with Crippen LogP contribution in [-0.2, 0) is 9.59 Å². The fraction of sp³-hybridized carbons (Fsp3) is 0.364. The Morgan fingerprint density at radius 3 is 2.50 bits per heavy atom. The molecule has 7 nitrogen and oxygen atoms in total. The van der Waals surface area contributed by atoms with Crippen LogP contribution in [0.2, 0.25) is 5.02 Å². The normalized spacial score (nSPS) is 21.5. The van der Waals surface area contributed by atoms with Crippen LogP contribution in [-0.4, -0.2) is 55.5 Å². The summed E-state index contributed by atoms with van der Waals surface area (Å²) in [6, 6.07) is 17.5. The van der Waals surface area contributed by atoms with Gasteiger partial charge in [-0.15, -0.1) is 0 Å². The van der Waals surface area contributed by atoms with E-state index in [1.807, 2.05) is 54.6 Å². The van der Waals surface area contributed by atoms with Crippen LogP contribution in [0.25, 0.3) is 0 Å². The molecule has 2 atom stereocenters. The second-order valence-corrected chi connectivity index (χ2v) is 8.04. The summed E-state index contributed by atoms with van der Waals surface area (Å²) in [5, 5.41) is 3.49. The molecule has 2 aromatic rings. The number of rotatable bonds is 5. The summed E-state index contributed by atoms with van der Waals surface area (Å²) in [5.74, 6) is -0.216. The zero-order valence-electron chi connectivity index (χ0n) is 16.7. The highest BCUT2D eigenvalue weighted by Crippen LogP contribution is 2.22. The van der Waals surface area contributed by atoms with Crippen molar-refractivity contribution in [3.05, 3.63) is 65.2 Å². The Hall–Kier alpha value is -2.61. The van der Waals surface area contributed by atoms with Gasteiger partial charge in [-0.25, -0.2) is 10.9 Å². The average molecular weight is 428 g/mol. The van der Waals surface area contributed by atoms with Gasteiger partial charge in [0.15, 0.2) is 0 Å². The molecule has 158 valence electrons. The number of carbonyl (C=O) groups excluding carboxylic acids is 2. The maximum atomic E-state index is 12.5. The molecule has 2 saturated heterocycles. The highest BCUT2D eigenvalue weighted by atomic mass is 35.5. The molecule has 2 aliphatic rings. The van der Waals surface area contributed by atoms with E-state index in [-0.39, 0.29) is 30.4 Å². The van der Waals surface area contributed by atoms with Gasteiger partial charge in [-0.3, -0.25) is 9.59 Å². The van der Waals surface area contributed by atoms with Crippen molar-refractivity contribution >= 4 is 29.1 Å². The number of amides is 2. The number of hydrogen-bond donors (Lipinski definition) is 3. The number of piperazine rings is 1. The molecule has 30 heavy (non-hydrogen) atoms. The number of halogens is 1. The maximum Gasteiger partial charge on any atom is 0.242 e. The Balaban J connectivity index is 1.21. The molecular weight excluding hydrogens is 402 g/mol. The molecule has 8 heteroatoms. The van der Waals surface area contributed by atoms with E-state index < -0.39 is 0 Å². The Morgan fingerprint density at radius 2 is 1.77 bits per heavy atom. The van der Waals surface area contributed by atoms with Crippen molar-refractivity contribution in [1.82, 2.24) is 21.1 Å². The van der Waals surface area contributed by atoms with Crippen LogP contribution in [0.5, 0.6) is 0 Å². The first-order chi connectivity index (χ1) is 14.6. The van der Waals surface area contributed by atoms with Crippen molar-refractivity contribution in [1.29, 1.82) is 0 Å². The molecule has 2 unspecified atom stereocenters. The molecule has 3 N–H and O–H groups in total. The van der Waals surface area contributed by atoms with Gasteiger partial charge in [0.2, 0.25) is 11.8 Å². The van der Waals surface area contributed by atoms with E-state index in [9.17, 15) is 9.59 Å². The van der Waals surface area contributed by atoms with Gasteiger partial charge in [0.1, 0.15) is 6.04 Å². The Bertz CT molecular complexity index is 886. The third-order valence-corrected chi connectivity index (χ3v) is 5.88. The third-order valence-electron chi connectivity index (χ3n) is 5.64. The number of carbonyl (C=O) groups is 2. The number of nitrogens with one attached hydrogen (secondary N) is 3. The molecule has 0 saturated carbocycles. The van der Waals surface area contributed by atoms with Crippen molar-refractivity contribution in [2.75, 3.05) is 37.6 Å². The zero-order valence-corrected chi connectivity index (χ0v) is 17.4. The van der Waals surface area contributed by atoms with Crippen molar-refractivity contribution < 1.29 is 9.59 Å². The number of hydrazine groups is 1. The van der Waals surface area contributed by atoms with E-state index in [2.05, 4.69) is 21.1 Å². The van der Waals surface area contributed by atoms with Crippen molar-refractivity contribution in [2.24, 2.45) is 0 Å². The van der Waals surface area contributed by atoms with Gasteiger partial charge >= 0.3 is 0 Å². The first kappa shape index (κ1) is 20.7. The minimum Gasteiger partial charge on any atom is -0.368 e. The fourth-order valence-corrected chi connectivity index (χ4v) is 4.10. The smallest absolute Gasteiger partial charge is 0.242 e. The van der Waals surface area contributed by atoms with E-state index in [0.717, 1.165) is 24.3 Å². The minimum atomic E-state index is -0.359. The third kappa shape index (κ3) is 4.92. The standard InChI is InChI=1S/C22H26ClN5O2/c23-17-7-4-8-18(13-17)27-9-11-28(12-10-27)21(29)15-24-22(30)20-14-19(25-26-20)16-5-2-1-3-6-16/h1-8,13,19-20,25-26H,9-12,14-15H2,(H,24,30). The SMILES string of the molecule is O=C(NCC(=O)N1CCN(c2cccc(Cl)c2)CC1)C1CC(c2ccccc2)NN1. The lowest BCUT2D eigenvalue weighted by Gasteiger charge is -2.36. The number of hydrogen-bond acceptors (Lipinski definition) is 5. The average Bonchev–Trinajstić information content (AvgIpc) is 3.28. The molecule has 2 aromatic carbocycles. The minimum absolute atomic E-state index is 0.0180. The molecule has 0 aliphatic carbocycles. The van der Waals surface area contributed by atoms with Gasteiger partial charge in [0.25, 0.3) is 0 Å². The number of nitrogens with zero attached hydrogens (tertiary/aromatic N) is 2. The van der Waals surface area contributed by atoms with Gasteiger partial charge in [-0.1, -0.05) is 48.0 Å². The fourth-order valence-electron chi connectivity index (χ4n) is 3.92. The Morgan fingerprint density at radius 1 is 1.00 bits per heavy atom. The molecule has 2 heterocycles. The van der Waals surface area contributed by atoms with Gasteiger partial charge in [0, 0.05) is 42.9 Å². The van der Waals surface area contributed by atoms with Crippen LogP contribution in [0.3, 0.4) is 0 Å². The van der Waals surface area contributed by atoms with Crippen molar-refractivity contribution in [3.63, 3.8) is 0 Å². The first-order valence-electron chi connectivity index (χ1n) is 10.2. The van der Waals surface area contributed by atoms with Crippen LogP contribution in [0.15, 0.2) is 54.6 Å². The summed E-state index contributed by atoms with van der Waals surface area (Å²) in [7, 11) is 0. The van der Waals surface area contributed by atoms with Gasteiger partial charge < -0.3 is 15.1 Å². The Labute approximate surface area is 181 Å². The number of anilines is 1. The summed E-state index contributed by atoms with van der Waals surface area (Å²) in [5.41, 5.74) is 8.39. The highest BCUT2D eigenvalue weighted by Gasteiger charge is 2.30. The van der Waals surface area contributed by atoms with Crippen LogP contribution in [0.1, 0.15) is 18.0 Å². The second-order valence-electron chi connectivity index (χ2n) is 7.61. The molecule has 0 spiro atoms. The zero-order chi connectivity index (χ0) is 20.9. The second kappa shape index (κ2) is 9.47. The van der Waals surface area contributed by atoms with Gasteiger partial charge in [0.05, 0.1) is 6.54 Å². The van der Waals surface area contributed by atoms with E-state index in [1.54, 1.807) is 4.90 Å². The topological polar surface area (TPSA) is 76.7 Å². The predicted molar refractivity (Wildman–Crippen MR) is 117 cm³/mol. The Kier molecular flexibility index (Phi) is 6.52. The lowest BCUT2D eigenvalue weighted by molar-refractivity contribution is -0.133. The molecule has 0 aromatic heterocycles. The predicted octanol–water partition coefficient (Wildman–Crippen LogP) is 1.71. The monoisotopic (exact) mass is 427 g/mol.